The Balaban J connectivity index is 1.26. The minimum absolute atomic E-state index is 0.106. The predicted molar refractivity (Wildman–Crippen MR) is 200 cm³/mol. The van der Waals surface area contributed by atoms with Gasteiger partial charge >= 0.3 is 18.1 Å². The monoisotopic (exact) mass is 775 g/mol. The summed E-state index contributed by atoms with van der Waals surface area (Å²) in [5.74, 6) is -3.50. The number of aliphatic hydroxyl groups is 2. The van der Waals surface area contributed by atoms with Crippen molar-refractivity contribution in [3.63, 3.8) is 0 Å². The number of nitrogens with one attached hydrogen (secondary N) is 3. The Labute approximate surface area is 320 Å². The van der Waals surface area contributed by atoms with Crippen LogP contribution in [0.2, 0.25) is 0 Å². The molecule has 14 nitrogen and oxygen atoms in total. The number of amides is 1. The van der Waals surface area contributed by atoms with E-state index in [9.17, 15) is 38.1 Å². The number of alkyl halides is 3. The number of aliphatic hydroxyl groups excluding tert-OH is 2. The van der Waals surface area contributed by atoms with Crippen molar-refractivity contribution in [3.8, 4) is 0 Å². The summed E-state index contributed by atoms with van der Waals surface area (Å²) >= 11 is 0. The van der Waals surface area contributed by atoms with Gasteiger partial charge < -0.3 is 40.4 Å². The lowest BCUT2D eigenvalue weighted by Gasteiger charge is -2.53. The highest BCUT2D eigenvalue weighted by atomic mass is 19.4. The summed E-state index contributed by atoms with van der Waals surface area (Å²) in [5.41, 5.74) is -0.959. The van der Waals surface area contributed by atoms with E-state index >= 15 is 0 Å². The van der Waals surface area contributed by atoms with Crippen LogP contribution in [-0.4, -0.2) is 93.3 Å². The van der Waals surface area contributed by atoms with Crippen molar-refractivity contribution < 1.29 is 38.1 Å². The minimum Gasteiger partial charge on any atom is -0.481 e. The van der Waals surface area contributed by atoms with E-state index in [4.69, 9.17) is 9.97 Å². The van der Waals surface area contributed by atoms with Crippen LogP contribution in [0.1, 0.15) is 74.4 Å². The topological polar surface area (TPSA) is 192 Å². The van der Waals surface area contributed by atoms with Crippen LogP contribution >= 0.6 is 0 Å². The number of carbonyl (C=O) groups is 2. The molecule has 0 spiro atoms. The van der Waals surface area contributed by atoms with Gasteiger partial charge in [0.2, 0.25) is 5.95 Å². The fourth-order valence-corrected chi connectivity index (χ4v) is 8.17. The van der Waals surface area contributed by atoms with Gasteiger partial charge in [0.05, 0.1) is 35.3 Å². The van der Waals surface area contributed by atoms with Crippen LogP contribution in [0.3, 0.4) is 0 Å². The number of halogens is 3. The average Bonchev–Trinajstić information content (AvgIpc) is 3.86. The number of aliphatic carboxylic acids is 1. The number of fused-ring (bicyclic) bond motifs is 1. The summed E-state index contributed by atoms with van der Waals surface area (Å²) < 4.78 is 44.5. The average molecular weight is 776 g/mol. The number of hydrogen-bond acceptors (Lipinski definition) is 10. The highest BCUT2D eigenvalue weighted by molar-refractivity contribution is 5.86. The molecule has 4 atom stereocenters. The summed E-state index contributed by atoms with van der Waals surface area (Å²) in [5, 5.41) is 42.0. The first-order valence-corrected chi connectivity index (χ1v) is 18.6. The summed E-state index contributed by atoms with van der Waals surface area (Å²) in [7, 11) is 0. The van der Waals surface area contributed by atoms with E-state index in [1.54, 1.807) is 6.33 Å². The number of rotatable bonds is 14. The Morgan fingerprint density at radius 1 is 0.946 bits per heavy atom. The number of carbonyl (C=O) groups excluding carboxylic acids is 1. The SMILES string of the molecule is CC(C)n1cnc(CCNc2nc(NCC(c3ccccc3)c3ccccc3)c3ncn([C@@H]4C[C@](NC(=O)C(F)(F)F)(C5(C(=O)O)CCC5)[C@@H](O)[C@H]4O)c3n2)c1. The molecule has 2 saturated carbocycles. The second-order valence-corrected chi connectivity index (χ2v) is 14.9. The maximum atomic E-state index is 13.7. The summed E-state index contributed by atoms with van der Waals surface area (Å²) in [4.78, 5) is 43.8. The lowest BCUT2D eigenvalue weighted by molar-refractivity contribution is -0.188. The third-order valence-electron chi connectivity index (χ3n) is 11.4. The third kappa shape index (κ3) is 7.04. The van der Waals surface area contributed by atoms with Crippen molar-refractivity contribution in [1.29, 1.82) is 0 Å². The van der Waals surface area contributed by atoms with Gasteiger partial charge in [0.25, 0.3) is 0 Å². The van der Waals surface area contributed by atoms with Crippen molar-refractivity contribution in [3.05, 3.63) is 96.3 Å². The Morgan fingerprint density at radius 2 is 1.61 bits per heavy atom. The van der Waals surface area contributed by atoms with Crippen LogP contribution in [0.15, 0.2) is 79.5 Å². The van der Waals surface area contributed by atoms with E-state index in [0.29, 0.717) is 31.7 Å². The smallest absolute Gasteiger partial charge is 0.471 e. The van der Waals surface area contributed by atoms with Crippen LogP contribution in [0.5, 0.6) is 0 Å². The quantitative estimate of drug-likeness (QED) is 0.0905. The molecule has 0 saturated heterocycles. The molecular weight excluding hydrogens is 731 g/mol. The molecular formula is C39H44F3N9O5. The third-order valence-corrected chi connectivity index (χ3v) is 11.4. The van der Waals surface area contributed by atoms with Gasteiger partial charge in [0, 0.05) is 37.7 Å². The van der Waals surface area contributed by atoms with Crippen LogP contribution < -0.4 is 16.0 Å². The number of hydrogen-bond donors (Lipinski definition) is 6. The van der Waals surface area contributed by atoms with Crippen LogP contribution in [-0.2, 0) is 16.0 Å². The lowest BCUT2D eigenvalue weighted by Crippen LogP contribution is -2.71. The molecule has 17 heteroatoms. The van der Waals surface area contributed by atoms with Crippen molar-refractivity contribution in [2.45, 2.75) is 87.9 Å². The number of aromatic nitrogens is 6. The number of carboxylic acids is 1. The number of nitrogens with zero attached hydrogens (tertiary/aromatic N) is 6. The molecule has 296 valence electrons. The second kappa shape index (κ2) is 15.2. The van der Waals surface area contributed by atoms with E-state index in [-0.39, 0.29) is 41.9 Å². The summed E-state index contributed by atoms with van der Waals surface area (Å²) in [6, 6.07) is 18.8. The highest BCUT2D eigenvalue weighted by Crippen LogP contribution is 2.58. The standard InChI is InChI=1S/C39H44F3N9O5/c1-23(2)50-20-26(45-21-50)14-17-43-36-47-32(44-19-27(24-10-5-3-6-11-24)25-12-7-4-8-13-25)29-33(48-36)51(22-46-29)28-18-38(31(53)30(28)52,49-34(54)39(40,41)42)37(35(55)56)15-9-16-37/h3-8,10-13,20-23,27-28,30-31,52-53H,9,14-19H2,1-2H3,(H,49,54)(H,55,56)(H2,43,44,47,48)/t28-,30+,31+,38-/m1/s1. The fourth-order valence-electron chi connectivity index (χ4n) is 8.17. The zero-order valence-corrected chi connectivity index (χ0v) is 30.8. The number of benzene rings is 2. The molecule has 0 radical (unpaired) electrons. The lowest BCUT2D eigenvalue weighted by atomic mass is 9.55. The first-order valence-electron chi connectivity index (χ1n) is 18.6. The van der Waals surface area contributed by atoms with Gasteiger partial charge in [-0.05, 0) is 44.2 Å². The van der Waals surface area contributed by atoms with Gasteiger partial charge in [0.15, 0.2) is 17.0 Å². The van der Waals surface area contributed by atoms with Crippen LogP contribution in [0, 0.1) is 5.41 Å². The molecule has 3 aromatic heterocycles. The molecule has 0 bridgehead atoms. The molecule has 2 aromatic carbocycles. The Morgan fingerprint density at radius 3 is 2.16 bits per heavy atom. The maximum Gasteiger partial charge on any atom is 0.471 e. The highest BCUT2D eigenvalue weighted by Gasteiger charge is 2.70. The molecule has 56 heavy (non-hydrogen) atoms. The van der Waals surface area contributed by atoms with E-state index in [1.165, 1.54) is 10.9 Å². The zero-order chi connectivity index (χ0) is 39.8. The largest absolute Gasteiger partial charge is 0.481 e. The van der Waals surface area contributed by atoms with Gasteiger partial charge in [-0.3, -0.25) is 9.59 Å². The number of carboxylic acid groups (broad SMARTS) is 1. The molecule has 7 rings (SSSR count). The van der Waals surface area contributed by atoms with Crippen molar-refractivity contribution in [2.75, 3.05) is 23.7 Å². The van der Waals surface area contributed by atoms with E-state index in [1.807, 2.05) is 90.6 Å². The van der Waals surface area contributed by atoms with Crippen molar-refractivity contribution in [2.24, 2.45) is 5.41 Å². The first kappa shape index (κ1) is 38.7. The summed E-state index contributed by atoms with van der Waals surface area (Å²) in [6.45, 7) is 4.85. The number of anilines is 2. The normalized spacial score (nSPS) is 22.0. The second-order valence-electron chi connectivity index (χ2n) is 14.9. The summed E-state index contributed by atoms with van der Waals surface area (Å²) in [6.07, 6.45) is -4.11. The van der Waals surface area contributed by atoms with Gasteiger partial charge in [-0.2, -0.15) is 23.1 Å². The molecule has 2 aliphatic rings. The minimum atomic E-state index is -5.38. The number of imidazole rings is 2. The zero-order valence-electron chi connectivity index (χ0n) is 30.8. The predicted octanol–water partition coefficient (Wildman–Crippen LogP) is 4.84. The molecule has 3 heterocycles. The van der Waals surface area contributed by atoms with Gasteiger partial charge in [0.1, 0.15) is 12.2 Å². The van der Waals surface area contributed by atoms with Crippen LogP contribution in [0.4, 0.5) is 24.9 Å². The Hall–Kier alpha value is -5.55. The molecule has 6 N–H and O–H groups in total. The van der Waals surface area contributed by atoms with E-state index in [0.717, 1.165) is 16.8 Å². The molecule has 5 aromatic rings. The van der Waals surface area contributed by atoms with Gasteiger partial charge in [-0.25, -0.2) is 9.97 Å². The Kier molecular flexibility index (Phi) is 10.5. The van der Waals surface area contributed by atoms with Crippen molar-refractivity contribution in [1.82, 2.24) is 34.4 Å². The molecule has 1 amide bonds. The van der Waals surface area contributed by atoms with Crippen LogP contribution in [0.25, 0.3) is 11.2 Å². The Bertz CT molecular complexity index is 2140. The molecule has 2 aliphatic carbocycles. The van der Waals surface area contributed by atoms with E-state index in [2.05, 4.69) is 20.6 Å². The first-order chi connectivity index (χ1) is 26.7. The van der Waals surface area contributed by atoms with E-state index < -0.39 is 53.7 Å². The molecule has 2 fully saturated rings. The van der Waals surface area contributed by atoms with Gasteiger partial charge in [-0.1, -0.05) is 67.1 Å². The fraction of sp³-hybridized carbons (Fsp3) is 0.436. The van der Waals surface area contributed by atoms with Crippen molar-refractivity contribution >= 4 is 34.8 Å². The van der Waals surface area contributed by atoms with Gasteiger partial charge in [-0.15, -0.1) is 0 Å². The molecule has 0 unspecified atom stereocenters. The maximum absolute atomic E-state index is 13.7. The molecule has 0 aliphatic heterocycles.